The number of nitrogens with one attached hydrogen (secondary N) is 1. The smallest absolute Gasteiger partial charge is 0.271 e. The molecule has 1 heterocycles. The molecule has 7 heteroatoms. The highest BCUT2D eigenvalue weighted by Gasteiger charge is 2.35. The molecule has 0 fully saturated rings. The Morgan fingerprint density at radius 2 is 1.81 bits per heavy atom. The molecule has 21 heavy (non-hydrogen) atoms. The molecule has 1 aromatic heterocycles. The van der Waals surface area contributed by atoms with E-state index < -0.39 is 23.6 Å². The van der Waals surface area contributed by atoms with Crippen LogP contribution in [0.1, 0.15) is 22.7 Å². The van der Waals surface area contributed by atoms with Gasteiger partial charge in [-0.05, 0) is 30.2 Å². The van der Waals surface area contributed by atoms with Gasteiger partial charge in [0, 0.05) is 18.0 Å². The van der Waals surface area contributed by atoms with E-state index in [-0.39, 0.29) is 12.0 Å². The van der Waals surface area contributed by atoms with Gasteiger partial charge in [-0.2, -0.15) is 13.2 Å². The van der Waals surface area contributed by atoms with E-state index in [1.165, 1.54) is 24.3 Å². The van der Waals surface area contributed by atoms with Gasteiger partial charge >= 0.3 is 6.18 Å². The number of hydrogen-bond acceptors (Lipinski definition) is 3. The fourth-order valence-corrected chi connectivity index (χ4v) is 2.06. The molecule has 0 radical (unpaired) electrons. The van der Waals surface area contributed by atoms with E-state index in [4.69, 9.17) is 5.84 Å². The zero-order chi connectivity index (χ0) is 15.5. The van der Waals surface area contributed by atoms with E-state index in [0.29, 0.717) is 5.56 Å². The Bertz CT molecular complexity index is 596. The molecule has 0 aliphatic rings. The third-order valence-electron chi connectivity index (χ3n) is 3.09. The first-order valence-electron chi connectivity index (χ1n) is 6.13. The summed E-state index contributed by atoms with van der Waals surface area (Å²) in [4.78, 5) is 3.73. The molecule has 0 aliphatic carbocycles. The second-order valence-electron chi connectivity index (χ2n) is 4.51. The Labute approximate surface area is 118 Å². The first-order valence-corrected chi connectivity index (χ1v) is 6.13. The summed E-state index contributed by atoms with van der Waals surface area (Å²) < 4.78 is 51.8. The molecule has 1 atom stereocenters. The number of halogens is 4. The van der Waals surface area contributed by atoms with Gasteiger partial charge in [0.25, 0.3) is 0 Å². The maximum Gasteiger partial charge on any atom is 0.416 e. The topological polar surface area (TPSA) is 50.9 Å². The molecule has 1 unspecified atom stereocenters. The number of benzene rings is 1. The van der Waals surface area contributed by atoms with Crippen LogP contribution in [0.5, 0.6) is 0 Å². The summed E-state index contributed by atoms with van der Waals surface area (Å²) in [6.45, 7) is 0. The van der Waals surface area contributed by atoms with Gasteiger partial charge in [0.05, 0.1) is 11.6 Å². The number of hydrogen-bond donors (Lipinski definition) is 2. The van der Waals surface area contributed by atoms with Gasteiger partial charge in [-0.1, -0.05) is 12.1 Å². The van der Waals surface area contributed by atoms with Gasteiger partial charge in [0.2, 0.25) is 0 Å². The van der Waals surface area contributed by atoms with Crippen LogP contribution in [0.25, 0.3) is 0 Å². The lowest BCUT2D eigenvalue weighted by Crippen LogP contribution is -2.31. The molecule has 2 aromatic rings. The zero-order valence-electron chi connectivity index (χ0n) is 10.9. The summed E-state index contributed by atoms with van der Waals surface area (Å²) in [7, 11) is 0. The fourth-order valence-electron chi connectivity index (χ4n) is 2.06. The van der Waals surface area contributed by atoms with E-state index in [9.17, 15) is 17.6 Å². The van der Waals surface area contributed by atoms with Crippen molar-refractivity contribution in [3.8, 4) is 0 Å². The van der Waals surface area contributed by atoms with Crippen LogP contribution in [0.15, 0.2) is 42.7 Å². The standard InChI is InChI=1S/C14H13F4N3/c15-10-3-1-9(2-4-10)7-13(21-19)11-8-20-6-5-12(11)14(16,17)18/h1-6,8,13,21H,7,19H2. The minimum absolute atomic E-state index is 0.0446. The molecule has 0 saturated heterocycles. The van der Waals surface area contributed by atoms with Crippen LogP contribution in [0.4, 0.5) is 17.6 Å². The van der Waals surface area contributed by atoms with Crippen molar-refractivity contribution in [2.75, 3.05) is 0 Å². The molecular formula is C14H13F4N3. The third kappa shape index (κ3) is 3.77. The maximum atomic E-state index is 13.0. The van der Waals surface area contributed by atoms with Gasteiger partial charge in [0.15, 0.2) is 0 Å². The van der Waals surface area contributed by atoms with Crippen molar-refractivity contribution < 1.29 is 17.6 Å². The lowest BCUT2D eigenvalue weighted by Gasteiger charge is -2.20. The van der Waals surface area contributed by atoms with E-state index in [1.807, 2.05) is 0 Å². The minimum Gasteiger partial charge on any atom is -0.271 e. The van der Waals surface area contributed by atoms with Crippen LogP contribution in [-0.2, 0) is 12.6 Å². The van der Waals surface area contributed by atoms with Gasteiger partial charge in [-0.15, -0.1) is 0 Å². The van der Waals surface area contributed by atoms with Gasteiger partial charge in [-0.25, -0.2) is 4.39 Å². The van der Waals surface area contributed by atoms with Crippen LogP contribution < -0.4 is 11.3 Å². The van der Waals surface area contributed by atoms with Crippen molar-refractivity contribution in [1.82, 2.24) is 10.4 Å². The van der Waals surface area contributed by atoms with E-state index in [2.05, 4.69) is 10.4 Å². The van der Waals surface area contributed by atoms with Crippen molar-refractivity contribution in [2.24, 2.45) is 5.84 Å². The Balaban J connectivity index is 2.32. The summed E-state index contributed by atoms with van der Waals surface area (Å²) in [6.07, 6.45) is -2.09. The van der Waals surface area contributed by atoms with E-state index in [0.717, 1.165) is 18.5 Å². The summed E-state index contributed by atoms with van der Waals surface area (Å²) >= 11 is 0. The highest BCUT2D eigenvalue weighted by atomic mass is 19.4. The quantitative estimate of drug-likeness (QED) is 0.518. The first kappa shape index (κ1) is 15.4. The predicted octanol–water partition coefficient (Wildman–Crippen LogP) is 2.99. The average molecular weight is 299 g/mol. The Kier molecular flexibility index (Phi) is 4.54. The lowest BCUT2D eigenvalue weighted by atomic mass is 9.96. The van der Waals surface area contributed by atoms with E-state index in [1.54, 1.807) is 0 Å². The van der Waals surface area contributed by atoms with Gasteiger partial charge in [-0.3, -0.25) is 16.3 Å². The molecule has 0 aliphatic heterocycles. The van der Waals surface area contributed by atoms with Gasteiger partial charge in [0.1, 0.15) is 5.82 Å². The molecule has 0 bridgehead atoms. The molecule has 0 spiro atoms. The molecule has 1 aromatic carbocycles. The zero-order valence-corrected chi connectivity index (χ0v) is 10.9. The third-order valence-corrected chi connectivity index (χ3v) is 3.09. The van der Waals surface area contributed by atoms with Crippen molar-refractivity contribution in [2.45, 2.75) is 18.6 Å². The maximum absolute atomic E-state index is 13.0. The number of aromatic nitrogens is 1. The second kappa shape index (κ2) is 6.19. The molecule has 0 saturated carbocycles. The van der Waals surface area contributed by atoms with Gasteiger partial charge < -0.3 is 0 Å². The van der Waals surface area contributed by atoms with Crippen LogP contribution in [0.3, 0.4) is 0 Å². The fraction of sp³-hybridized carbons (Fsp3) is 0.214. The van der Waals surface area contributed by atoms with Crippen molar-refractivity contribution in [1.29, 1.82) is 0 Å². The molecular weight excluding hydrogens is 286 g/mol. The number of hydrazine groups is 1. The lowest BCUT2D eigenvalue weighted by molar-refractivity contribution is -0.138. The summed E-state index contributed by atoms with van der Waals surface area (Å²) in [5.74, 6) is 4.97. The average Bonchev–Trinajstić information content (AvgIpc) is 2.46. The number of rotatable bonds is 4. The molecule has 2 rings (SSSR count). The van der Waals surface area contributed by atoms with Crippen molar-refractivity contribution >= 4 is 0 Å². The van der Waals surface area contributed by atoms with Crippen molar-refractivity contribution in [3.05, 3.63) is 65.2 Å². The Hall–Kier alpha value is -1.99. The summed E-state index contributed by atoms with van der Waals surface area (Å²) in [5.41, 5.74) is 2.19. The number of pyridine rings is 1. The molecule has 3 N–H and O–H groups in total. The van der Waals surface area contributed by atoms with Crippen LogP contribution >= 0.6 is 0 Å². The highest BCUT2D eigenvalue weighted by molar-refractivity contribution is 5.31. The minimum atomic E-state index is -4.49. The predicted molar refractivity (Wildman–Crippen MR) is 69.4 cm³/mol. The Morgan fingerprint density at radius 1 is 1.14 bits per heavy atom. The first-order chi connectivity index (χ1) is 9.91. The largest absolute Gasteiger partial charge is 0.416 e. The molecule has 0 amide bonds. The van der Waals surface area contributed by atoms with E-state index >= 15 is 0 Å². The number of alkyl halides is 3. The van der Waals surface area contributed by atoms with Crippen LogP contribution in [0, 0.1) is 5.82 Å². The van der Waals surface area contributed by atoms with Crippen LogP contribution in [-0.4, -0.2) is 4.98 Å². The summed E-state index contributed by atoms with van der Waals surface area (Å²) in [6, 6.07) is 5.63. The highest BCUT2D eigenvalue weighted by Crippen LogP contribution is 2.34. The summed E-state index contributed by atoms with van der Waals surface area (Å²) in [5, 5.41) is 0. The SMILES string of the molecule is NNC(Cc1ccc(F)cc1)c1cnccc1C(F)(F)F. The normalized spacial score (nSPS) is 13.2. The monoisotopic (exact) mass is 299 g/mol. The number of nitrogens with zero attached hydrogens (tertiary/aromatic N) is 1. The Morgan fingerprint density at radius 3 is 2.38 bits per heavy atom. The van der Waals surface area contributed by atoms with Crippen molar-refractivity contribution in [3.63, 3.8) is 0 Å². The number of nitrogens with two attached hydrogens (primary N) is 1. The second-order valence-corrected chi connectivity index (χ2v) is 4.51. The van der Waals surface area contributed by atoms with Crippen LogP contribution in [0.2, 0.25) is 0 Å². The molecule has 3 nitrogen and oxygen atoms in total. The molecule has 112 valence electrons.